The van der Waals surface area contributed by atoms with Gasteiger partial charge in [-0.1, -0.05) is 11.6 Å². The van der Waals surface area contributed by atoms with E-state index in [1.54, 1.807) is 13.8 Å². The molecule has 0 unspecified atom stereocenters. The van der Waals surface area contributed by atoms with Crippen molar-refractivity contribution in [3.63, 3.8) is 0 Å². The highest BCUT2D eigenvalue weighted by atomic mass is 35.5. The van der Waals surface area contributed by atoms with Crippen molar-refractivity contribution in [3.8, 4) is 0 Å². The SMILES string of the molecule is Cc1nc(C)c(CC(=O)Nc2cc(C(F)(F)F)ccc2Cl)c(=O)[nH]1. The number of alkyl halides is 3. The van der Waals surface area contributed by atoms with Crippen LogP contribution in [0.4, 0.5) is 18.9 Å². The van der Waals surface area contributed by atoms with E-state index in [2.05, 4.69) is 15.3 Å². The number of nitrogens with one attached hydrogen (secondary N) is 2. The van der Waals surface area contributed by atoms with Crippen molar-refractivity contribution in [1.82, 2.24) is 9.97 Å². The van der Waals surface area contributed by atoms with Crippen LogP contribution in [0.2, 0.25) is 5.02 Å². The molecule has 0 aliphatic rings. The topological polar surface area (TPSA) is 74.8 Å². The summed E-state index contributed by atoms with van der Waals surface area (Å²) in [6, 6.07) is 2.60. The second-order valence-electron chi connectivity index (χ2n) is 5.13. The lowest BCUT2D eigenvalue weighted by molar-refractivity contribution is -0.137. The van der Waals surface area contributed by atoms with Crippen molar-refractivity contribution < 1.29 is 18.0 Å². The summed E-state index contributed by atoms with van der Waals surface area (Å²) in [5.41, 5.74) is -1.06. The Morgan fingerprint density at radius 2 is 2.00 bits per heavy atom. The fourth-order valence-electron chi connectivity index (χ4n) is 2.11. The first-order valence-electron chi connectivity index (χ1n) is 6.81. The summed E-state index contributed by atoms with van der Waals surface area (Å²) in [5.74, 6) is -0.266. The second-order valence-corrected chi connectivity index (χ2v) is 5.54. The van der Waals surface area contributed by atoms with E-state index < -0.39 is 23.2 Å². The largest absolute Gasteiger partial charge is 0.416 e. The molecule has 0 saturated carbocycles. The average Bonchev–Trinajstić information content (AvgIpc) is 2.44. The summed E-state index contributed by atoms with van der Waals surface area (Å²) < 4.78 is 38.2. The van der Waals surface area contributed by atoms with Crippen molar-refractivity contribution in [3.05, 3.63) is 56.2 Å². The third-order valence-corrected chi connectivity index (χ3v) is 3.58. The Labute approximate surface area is 139 Å². The summed E-state index contributed by atoms with van der Waals surface area (Å²) in [5, 5.41) is 2.25. The molecular weight excluding hydrogens is 347 g/mol. The number of halogens is 4. The standard InChI is InChI=1S/C15H13ClF3N3O2/c1-7-10(14(24)21-8(2)20-7)6-13(23)22-12-5-9(15(17,18)19)3-4-11(12)16/h3-5H,6H2,1-2H3,(H,22,23)(H,20,21,24). The van der Waals surface area contributed by atoms with Crippen molar-refractivity contribution in [2.75, 3.05) is 5.32 Å². The number of aromatic nitrogens is 2. The third kappa shape index (κ3) is 4.14. The number of hydrogen-bond donors (Lipinski definition) is 2. The first kappa shape index (κ1) is 18.0. The highest BCUT2D eigenvalue weighted by Gasteiger charge is 2.31. The predicted octanol–water partition coefficient (Wildman–Crippen LogP) is 3.24. The van der Waals surface area contributed by atoms with Crippen LogP contribution >= 0.6 is 11.6 Å². The van der Waals surface area contributed by atoms with Crippen LogP contribution in [0.1, 0.15) is 22.6 Å². The van der Waals surface area contributed by atoms with Gasteiger partial charge in [0.25, 0.3) is 5.56 Å². The molecule has 0 fully saturated rings. The van der Waals surface area contributed by atoms with E-state index in [0.29, 0.717) is 11.5 Å². The monoisotopic (exact) mass is 359 g/mol. The summed E-state index contributed by atoms with van der Waals surface area (Å²) in [7, 11) is 0. The van der Waals surface area contributed by atoms with Crippen LogP contribution in [-0.4, -0.2) is 15.9 Å². The van der Waals surface area contributed by atoms with Gasteiger partial charge in [0.1, 0.15) is 5.82 Å². The number of carbonyl (C=O) groups excluding carboxylic acids is 1. The first-order valence-corrected chi connectivity index (χ1v) is 7.18. The van der Waals surface area contributed by atoms with Gasteiger partial charge in [0.05, 0.1) is 22.7 Å². The highest BCUT2D eigenvalue weighted by molar-refractivity contribution is 6.33. The zero-order chi connectivity index (χ0) is 18.1. The molecule has 0 spiro atoms. The van der Waals surface area contributed by atoms with E-state index in [4.69, 9.17) is 11.6 Å². The summed E-state index contributed by atoms with van der Waals surface area (Å²) >= 11 is 5.81. The summed E-state index contributed by atoms with van der Waals surface area (Å²) in [6.07, 6.45) is -4.89. The molecule has 0 radical (unpaired) electrons. The maximum absolute atomic E-state index is 12.7. The van der Waals surface area contributed by atoms with Crippen LogP contribution in [0.15, 0.2) is 23.0 Å². The Balaban J connectivity index is 2.24. The predicted molar refractivity (Wildman–Crippen MR) is 83.1 cm³/mol. The number of rotatable bonds is 3. The van der Waals surface area contributed by atoms with Crippen LogP contribution < -0.4 is 10.9 Å². The average molecular weight is 360 g/mol. The molecule has 0 aliphatic heterocycles. The maximum Gasteiger partial charge on any atom is 0.416 e. The second kappa shape index (κ2) is 6.64. The molecule has 1 amide bonds. The van der Waals surface area contributed by atoms with E-state index in [1.165, 1.54) is 0 Å². The molecule has 1 heterocycles. The minimum absolute atomic E-state index is 0.0380. The van der Waals surface area contributed by atoms with Gasteiger partial charge in [0, 0.05) is 11.3 Å². The van der Waals surface area contributed by atoms with Gasteiger partial charge in [-0.15, -0.1) is 0 Å². The number of H-pyrrole nitrogens is 1. The molecule has 5 nitrogen and oxygen atoms in total. The molecule has 2 aromatic rings. The fourth-order valence-corrected chi connectivity index (χ4v) is 2.28. The Morgan fingerprint density at radius 1 is 1.33 bits per heavy atom. The number of aromatic amines is 1. The highest BCUT2D eigenvalue weighted by Crippen LogP contribution is 2.33. The molecule has 2 rings (SSSR count). The van der Waals surface area contributed by atoms with E-state index >= 15 is 0 Å². The smallest absolute Gasteiger partial charge is 0.324 e. The minimum atomic E-state index is -4.56. The Morgan fingerprint density at radius 3 is 2.58 bits per heavy atom. The Kier molecular flexibility index (Phi) is 4.98. The molecule has 0 aliphatic carbocycles. The molecule has 2 N–H and O–H groups in total. The molecule has 9 heteroatoms. The molecule has 1 aromatic carbocycles. The molecule has 24 heavy (non-hydrogen) atoms. The van der Waals surface area contributed by atoms with E-state index in [0.717, 1.165) is 18.2 Å². The normalized spacial score (nSPS) is 11.4. The number of anilines is 1. The lowest BCUT2D eigenvalue weighted by Gasteiger charge is -2.12. The van der Waals surface area contributed by atoms with Crippen LogP contribution in [0, 0.1) is 13.8 Å². The lowest BCUT2D eigenvalue weighted by Crippen LogP contribution is -2.24. The van der Waals surface area contributed by atoms with Crippen LogP contribution in [-0.2, 0) is 17.4 Å². The summed E-state index contributed by atoms with van der Waals surface area (Å²) in [4.78, 5) is 30.4. The van der Waals surface area contributed by atoms with Crippen LogP contribution in [0.25, 0.3) is 0 Å². The quantitative estimate of drug-likeness (QED) is 0.883. The molecule has 0 atom stereocenters. The number of amides is 1. The van der Waals surface area contributed by atoms with Gasteiger partial charge in [0.15, 0.2) is 0 Å². The maximum atomic E-state index is 12.7. The van der Waals surface area contributed by atoms with Gasteiger partial charge in [-0.05, 0) is 32.0 Å². The first-order chi connectivity index (χ1) is 11.1. The number of aryl methyl sites for hydroxylation is 2. The van der Waals surface area contributed by atoms with Crippen molar-refractivity contribution in [1.29, 1.82) is 0 Å². The third-order valence-electron chi connectivity index (χ3n) is 3.25. The fraction of sp³-hybridized carbons (Fsp3) is 0.267. The summed E-state index contributed by atoms with van der Waals surface area (Å²) in [6.45, 7) is 3.17. The van der Waals surface area contributed by atoms with E-state index in [9.17, 15) is 22.8 Å². The van der Waals surface area contributed by atoms with Gasteiger partial charge in [0.2, 0.25) is 5.91 Å². The number of nitrogens with zero attached hydrogens (tertiary/aromatic N) is 1. The molecular formula is C15H13ClF3N3O2. The molecule has 0 saturated heterocycles. The van der Waals surface area contributed by atoms with Crippen LogP contribution in [0.5, 0.6) is 0 Å². The minimum Gasteiger partial charge on any atom is -0.324 e. The number of carbonyl (C=O) groups is 1. The van der Waals surface area contributed by atoms with Gasteiger partial charge in [-0.3, -0.25) is 9.59 Å². The Bertz CT molecular complexity index is 847. The lowest BCUT2D eigenvalue weighted by atomic mass is 10.1. The van der Waals surface area contributed by atoms with Gasteiger partial charge >= 0.3 is 6.18 Å². The Hall–Kier alpha value is -2.35. The number of benzene rings is 1. The molecule has 1 aromatic heterocycles. The zero-order valence-electron chi connectivity index (χ0n) is 12.7. The molecule has 0 bridgehead atoms. The van der Waals surface area contributed by atoms with Gasteiger partial charge in [-0.25, -0.2) is 4.98 Å². The van der Waals surface area contributed by atoms with Gasteiger partial charge in [-0.2, -0.15) is 13.2 Å². The van der Waals surface area contributed by atoms with Crippen molar-refractivity contribution in [2.45, 2.75) is 26.4 Å². The van der Waals surface area contributed by atoms with Gasteiger partial charge < -0.3 is 10.3 Å². The van der Waals surface area contributed by atoms with Crippen molar-refractivity contribution >= 4 is 23.2 Å². The van der Waals surface area contributed by atoms with Crippen molar-refractivity contribution in [2.24, 2.45) is 0 Å². The van der Waals surface area contributed by atoms with E-state index in [1.807, 2.05) is 0 Å². The van der Waals surface area contributed by atoms with Crippen LogP contribution in [0.3, 0.4) is 0 Å². The number of hydrogen-bond acceptors (Lipinski definition) is 3. The molecule has 128 valence electrons. The van der Waals surface area contributed by atoms with E-state index in [-0.39, 0.29) is 22.7 Å². The zero-order valence-corrected chi connectivity index (χ0v) is 13.5.